The number of ether oxygens (including phenoxy) is 2. The average molecular weight is 369 g/mol. The Bertz CT molecular complexity index is 543. The number of carbonyl (C=O) groups is 2. The smallest absolute Gasteiger partial charge is 0.337 e. The molecule has 0 fully saturated rings. The molecule has 1 N–H and O–H groups in total. The van der Waals surface area contributed by atoms with Crippen LogP contribution in [0.1, 0.15) is 24.2 Å². The van der Waals surface area contributed by atoms with Crippen molar-refractivity contribution in [1.29, 1.82) is 0 Å². The highest BCUT2D eigenvalue weighted by molar-refractivity contribution is 6.68. The fraction of sp³-hybridized carbons (Fsp3) is 0.429. The second-order valence-electron chi connectivity index (χ2n) is 4.72. The van der Waals surface area contributed by atoms with E-state index in [1.165, 1.54) is 13.2 Å². The van der Waals surface area contributed by atoms with Gasteiger partial charge >= 0.3 is 5.97 Å². The summed E-state index contributed by atoms with van der Waals surface area (Å²) in [6.07, 6.45) is -1.21. The van der Waals surface area contributed by atoms with Crippen LogP contribution in [0, 0.1) is 5.92 Å². The van der Waals surface area contributed by atoms with Gasteiger partial charge in [-0.2, -0.15) is 0 Å². The number of methoxy groups -OCH3 is 1. The molecule has 5 nitrogen and oxygen atoms in total. The Morgan fingerprint density at radius 1 is 1.23 bits per heavy atom. The number of alkyl halides is 3. The van der Waals surface area contributed by atoms with Gasteiger partial charge in [0, 0.05) is 5.92 Å². The summed E-state index contributed by atoms with van der Waals surface area (Å²) in [5.74, 6) is -0.911. The SMILES string of the molecule is COC(=O)c1cccc(O[C@@H](NC(=O)C(C)C)C(Cl)(Cl)Cl)c1. The zero-order valence-corrected chi connectivity index (χ0v) is 14.5. The van der Waals surface area contributed by atoms with Crippen LogP contribution in [0.15, 0.2) is 24.3 Å². The Balaban J connectivity index is 2.95. The minimum absolute atomic E-state index is 0.253. The summed E-state index contributed by atoms with van der Waals surface area (Å²) >= 11 is 17.5. The molecule has 1 rings (SSSR count). The maximum absolute atomic E-state index is 11.8. The molecule has 0 spiro atoms. The summed E-state index contributed by atoms with van der Waals surface area (Å²) < 4.78 is 8.23. The Morgan fingerprint density at radius 3 is 2.36 bits per heavy atom. The fourth-order valence-electron chi connectivity index (χ4n) is 1.42. The summed E-state index contributed by atoms with van der Waals surface area (Å²) in [4.78, 5) is 23.3. The van der Waals surface area contributed by atoms with Gasteiger partial charge in [0.05, 0.1) is 12.7 Å². The first-order valence-corrected chi connectivity index (χ1v) is 7.50. The molecule has 1 aromatic rings. The molecule has 0 aliphatic carbocycles. The lowest BCUT2D eigenvalue weighted by Crippen LogP contribution is -2.49. The second-order valence-corrected chi connectivity index (χ2v) is 7.09. The van der Waals surface area contributed by atoms with Gasteiger partial charge in [-0.3, -0.25) is 4.79 Å². The zero-order chi connectivity index (χ0) is 16.9. The van der Waals surface area contributed by atoms with E-state index in [4.69, 9.17) is 39.5 Å². The predicted octanol–water partition coefficient (Wildman–Crippen LogP) is 3.32. The lowest BCUT2D eigenvalue weighted by Gasteiger charge is -2.27. The van der Waals surface area contributed by atoms with E-state index in [0.717, 1.165) is 0 Å². The van der Waals surface area contributed by atoms with E-state index < -0.39 is 16.0 Å². The van der Waals surface area contributed by atoms with E-state index in [-0.39, 0.29) is 23.1 Å². The third-order valence-corrected chi connectivity index (χ3v) is 3.20. The maximum atomic E-state index is 11.8. The van der Waals surface area contributed by atoms with Gasteiger partial charge in [0.1, 0.15) is 5.75 Å². The highest BCUT2D eigenvalue weighted by Gasteiger charge is 2.36. The van der Waals surface area contributed by atoms with Crippen LogP contribution in [0.25, 0.3) is 0 Å². The Morgan fingerprint density at radius 2 is 1.86 bits per heavy atom. The van der Waals surface area contributed by atoms with Crippen LogP contribution >= 0.6 is 34.8 Å². The number of rotatable bonds is 5. The summed E-state index contributed by atoms with van der Waals surface area (Å²) in [5.41, 5.74) is 0.276. The fourth-order valence-corrected chi connectivity index (χ4v) is 1.72. The lowest BCUT2D eigenvalue weighted by atomic mass is 10.2. The van der Waals surface area contributed by atoms with Gasteiger partial charge in [-0.25, -0.2) is 4.79 Å². The number of nitrogens with one attached hydrogen (secondary N) is 1. The summed E-state index contributed by atoms with van der Waals surface area (Å²) in [5, 5.41) is 2.49. The highest BCUT2D eigenvalue weighted by Crippen LogP contribution is 2.32. The van der Waals surface area contributed by atoms with Crippen molar-refractivity contribution in [2.45, 2.75) is 23.9 Å². The van der Waals surface area contributed by atoms with Crippen molar-refractivity contribution in [3.8, 4) is 5.75 Å². The zero-order valence-electron chi connectivity index (χ0n) is 12.2. The molecule has 0 heterocycles. The van der Waals surface area contributed by atoms with Crippen LogP contribution in [0.4, 0.5) is 0 Å². The predicted molar refractivity (Wildman–Crippen MR) is 85.5 cm³/mol. The maximum Gasteiger partial charge on any atom is 0.337 e. The second kappa shape index (κ2) is 7.90. The van der Waals surface area contributed by atoms with Gasteiger partial charge in [-0.15, -0.1) is 0 Å². The molecule has 1 atom stereocenters. The van der Waals surface area contributed by atoms with Crippen molar-refractivity contribution in [3.05, 3.63) is 29.8 Å². The Labute approximate surface area is 143 Å². The minimum Gasteiger partial charge on any atom is -0.466 e. The van der Waals surface area contributed by atoms with Crippen molar-refractivity contribution in [2.75, 3.05) is 7.11 Å². The molecular formula is C14H16Cl3NO4. The third-order valence-electron chi connectivity index (χ3n) is 2.60. The molecule has 122 valence electrons. The number of amides is 1. The molecule has 0 aliphatic rings. The molecule has 0 aliphatic heterocycles. The summed E-state index contributed by atoms with van der Waals surface area (Å²) in [6, 6.07) is 6.13. The minimum atomic E-state index is -1.88. The van der Waals surface area contributed by atoms with Crippen LogP contribution < -0.4 is 10.1 Å². The molecule has 0 bridgehead atoms. The van der Waals surface area contributed by atoms with E-state index in [0.29, 0.717) is 0 Å². The van der Waals surface area contributed by atoms with Crippen molar-refractivity contribution in [3.63, 3.8) is 0 Å². The molecule has 0 aromatic heterocycles. The van der Waals surface area contributed by atoms with Crippen LogP contribution in [0.5, 0.6) is 5.75 Å². The molecule has 1 amide bonds. The summed E-state index contributed by atoms with van der Waals surface area (Å²) in [7, 11) is 1.27. The summed E-state index contributed by atoms with van der Waals surface area (Å²) in [6.45, 7) is 3.39. The van der Waals surface area contributed by atoms with Gasteiger partial charge < -0.3 is 14.8 Å². The number of hydrogen-bond donors (Lipinski definition) is 1. The van der Waals surface area contributed by atoms with Crippen molar-refractivity contribution >= 4 is 46.7 Å². The normalized spacial score (nSPS) is 12.7. The first-order valence-electron chi connectivity index (χ1n) is 6.37. The lowest BCUT2D eigenvalue weighted by molar-refractivity contribution is -0.126. The van der Waals surface area contributed by atoms with Crippen LogP contribution in [0.3, 0.4) is 0 Å². The van der Waals surface area contributed by atoms with Gasteiger partial charge in [-0.1, -0.05) is 54.7 Å². The van der Waals surface area contributed by atoms with Crippen LogP contribution in [-0.2, 0) is 9.53 Å². The van der Waals surface area contributed by atoms with Crippen molar-refractivity contribution < 1.29 is 19.1 Å². The number of carbonyl (C=O) groups excluding carboxylic acids is 2. The largest absolute Gasteiger partial charge is 0.466 e. The number of hydrogen-bond acceptors (Lipinski definition) is 4. The topological polar surface area (TPSA) is 64.6 Å². The molecular weight excluding hydrogens is 353 g/mol. The Hall–Kier alpha value is -1.17. The number of benzene rings is 1. The molecule has 0 saturated carbocycles. The van der Waals surface area contributed by atoms with Crippen molar-refractivity contribution in [1.82, 2.24) is 5.32 Å². The first kappa shape index (κ1) is 18.9. The molecule has 0 saturated heterocycles. The van der Waals surface area contributed by atoms with Gasteiger partial charge in [-0.05, 0) is 18.2 Å². The average Bonchev–Trinajstić information content (AvgIpc) is 2.44. The number of halogens is 3. The van der Waals surface area contributed by atoms with E-state index in [1.807, 2.05) is 0 Å². The standard InChI is InChI=1S/C14H16Cl3NO4/c1-8(2)11(19)18-13(14(15,16)17)22-10-6-4-5-9(7-10)12(20)21-3/h4-8,13H,1-3H3,(H,18,19)/t13-/m1/s1. The van der Waals surface area contributed by atoms with Gasteiger partial charge in [0.2, 0.25) is 15.9 Å². The Kier molecular flexibility index (Phi) is 6.78. The van der Waals surface area contributed by atoms with E-state index in [1.54, 1.807) is 32.0 Å². The van der Waals surface area contributed by atoms with E-state index in [2.05, 4.69) is 10.1 Å². The van der Waals surface area contributed by atoms with Gasteiger partial charge in [0.15, 0.2) is 0 Å². The monoisotopic (exact) mass is 367 g/mol. The highest BCUT2D eigenvalue weighted by atomic mass is 35.6. The molecule has 0 radical (unpaired) electrons. The third kappa shape index (κ3) is 5.55. The van der Waals surface area contributed by atoms with E-state index in [9.17, 15) is 9.59 Å². The quantitative estimate of drug-likeness (QED) is 0.492. The molecule has 0 unspecified atom stereocenters. The van der Waals surface area contributed by atoms with Crippen molar-refractivity contribution in [2.24, 2.45) is 5.92 Å². The molecule has 1 aromatic carbocycles. The van der Waals surface area contributed by atoms with E-state index >= 15 is 0 Å². The first-order chi connectivity index (χ1) is 10.1. The molecule has 8 heteroatoms. The number of esters is 1. The molecule has 22 heavy (non-hydrogen) atoms. The van der Waals surface area contributed by atoms with Gasteiger partial charge in [0.25, 0.3) is 0 Å². The van der Waals surface area contributed by atoms with Crippen LogP contribution in [-0.4, -0.2) is 29.0 Å². The van der Waals surface area contributed by atoms with Crippen LogP contribution in [0.2, 0.25) is 0 Å².